The molecular weight excluding hydrogens is 404 g/mol. The molecule has 1 aliphatic heterocycles. The molecule has 8 heteroatoms. The summed E-state index contributed by atoms with van der Waals surface area (Å²) in [5.41, 5.74) is -0.365. The number of benzene rings is 1. The van der Waals surface area contributed by atoms with Crippen molar-refractivity contribution in [1.82, 2.24) is 9.62 Å². The second-order valence-corrected chi connectivity index (χ2v) is 10.3. The van der Waals surface area contributed by atoms with Crippen LogP contribution < -0.4 is 10.1 Å². The van der Waals surface area contributed by atoms with Gasteiger partial charge in [0.05, 0.1) is 6.61 Å². The summed E-state index contributed by atoms with van der Waals surface area (Å²) in [6.07, 6.45) is 2.98. The highest BCUT2D eigenvalue weighted by Crippen LogP contribution is 2.34. The van der Waals surface area contributed by atoms with Crippen molar-refractivity contribution in [3.63, 3.8) is 0 Å². The van der Waals surface area contributed by atoms with Gasteiger partial charge in [0.15, 0.2) is 0 Å². The molecule has 1 saturated carbocycles. The number of hydrogen-bond donors (Lipinski definition) is 3. The Morgan fingerprint density at radius 1 is 1.37 bits per heavy atom. The Balaban J connectivity index is 2.05. The molecule has 3 N–H and O–H groups in total. The summed E-state index contributed by atoms with van der Waals surface area (Å²) in [6.45, 7) is 4.18. The molecule has 30 heavy (non-hydrogen) atoms. The van der Waals surface area contributed by atoms with Gasteiger partial charge in [0.1, 0.15) is 22.4 Å². The molecule has 1 heterocycles. The van der Waals surface area contributed by atoms with E-state index in [9.17, 15) is 18.6 Å². The van der Waals surface area contributed by atoms with Gasteiger partial charge in [-0.1, -0.05) is 18.8 Å². The average molecular weight is 437 g/mol. The number of nitrogens with zero attached hydrogens (tertiary/aromatic N) is 1. The molecule has 0 amide bonds. The smallest absolute Gasteiger partial charge is 0.247 e. The zero-order valence-corrected chi connectivity index (χ0v) is 18.7. The highest BCUT2D eigenvalue weighted by Gasteiger charge is 2.37. The summed E-state index contributed by atoms with van der Waals surface area (Å²) in [4.78, 5) is 0.0703. The van der Waals surface area contributed by atoms with Crippen molar-refractivity contribution in [1.29, 1.82) is 0 Å². The van der Waals surface area contributed by atoms with Crippen LogP contribution in [-0.4, -0.2) is 67.4 Å². The summed E-state index contributed by atoms with van der Waals surface area (Å²) >= 11 is 0. The average Bonchev–Trinajstić information content (AvgIpc) is 3.15. The van der Waals surface area contributed by atoms with Gasteiger partial charge in [0, 0.05) is 30.6 Å². The van der Waals surface area contributed by atoms with E-state index in [0.29, 0.717) is 24.9 Å². The van der Waals surface area contributed by atoms with Crippen molar-refractivity contribution in [3.05, 3.63) is 23.8 Å². The van der Waals surface area contributed by atoms with Crippen LogP contribution in [0.4, 0.5) is 0 Å². The van der Waals surface area contributed by atoms with Gasteiger partial charge in [-0.2, -0.15) is 4.31 Å². The molecular formula is C22H32N2O5S. The lowest BCUT2D eigenvalue weighted by molar-refractivity contribution is 0.103. The first kappa shape index (κ1) is 23.0. The van der Waals surface area contributed by atoms with Crippen LogP contribution in [0, 0.1) is 17.8 Å². The van der Waals surface area contributed by atoms with Crippen LogP contribution >= 0.6 is 0 Å². The predicted octanol–water partition coefficient (Wildman–Crippen LogP) is 1.33. The highest BCUT2D eigenvalue weighted by molar-refractivity contribution is 7.89. The number of aliphatic hydroxyl groups excluding tert-OH is 1. The van der Waals surface area contributed by atoms with Gasteiger partial charge in [-0.3, -0.25) is 0 Å². The van der Waals surface area contributed by atoms with Gasteiger partial charge in [-0.25, -0.2) is 8.42 Å². The van der Waals surface area contributed by atoms with E-state index in [2.05, 4.69) is 17.2 Å². The fourth-order valence-corrected chi connectivity index (χ4v) is 5.85. The second-order valence-electron chi connectivity index (χ2n) is 8.45. The van der Waals surface area contributed by atoms with Gasteiger partial charge in [0.25, 0.3) is 0 Å². The minimum absolute atomic E-state index is 0.0703. The second kappa shape index (κ2) is 9.25. The molecule has 2 aliphatic rings. The summed E-state index contributed by atoms with van der Waals surface area (Å²) in [7, 11) is -2.03. The first-order valence-electron chi connectivity index (χ1n) is 10.5. The molecule has 7 nitrogen and oxygen atoms in total. The first-order valence-corrected chi connectivity index (χ1v) is 12.0. The Hall–Kier alpha value is -1.63. The molecule has 0 saturated heterocycles. The number of fused-ring (bicyclic) bond motifs is 1. The van der Waals surface area contributed by atoms with E-state index in [0.717, 1.165) is 12.8 Å². The zero-order chi connectivity index (χ0) is 21.9. The van der Waals surface area contributed by atoms with Crippen molar-refractivity contribution in [2.75, 3.05) is 26.7 Å². The van der Waals surface area contributed by atoms with E-state index in [1.165, 1.54) is 10.4 Å². The monoisotopic (exact) mass is 436 g/mol. The minimum Gasteiger partial charge on any atom is -0.487 e. The highest BCUT2D eigenvalue weighted by atomic mass is 32.2. The number of nitrogens with one attached hydrogen (secondary N) is 1. The third kappa shape index (κ3) is 4.82. The van der Waals surface area contributed by atoms with Gasteiger partial charge in [-0.15, -0.1) is 0 Å². The van der Waals surface area contributed by atoms with Crippen LogP contribution in [0.3, 0.4) is 0 Å². The molecule has 1 fully saturated rings. The maximum atomic E-state index is 13.4. The van der Waals surface area contributed by atoms with Crippen molar-refractivity contribution in [2.24, 2.45) is 5.92 Å². The van der Waals surface area contributed by atoms with Crippen molar-refractivity contribution in [3.8, 4) is 17.6 Å². The number of rotatable bonds is 4. The summed E-state index contributed by atoms with van der Waals surface area (Å²) in [6, 6.07) is 4.25. The Labute approximate surface area is 179 Å². The molecule has 0 spiro atoms. The number of likely N-dealkylation sites (N-methyl/N-ethyl adjacent to an activating group) is 1. The predicted molar refractivity (Wildman–Crippen MR) is 115 cm³/mol. The van der Waals surface area contributed by atoms with Crippen LogP contribution in [0.2, 0.25) is 0 Å². The first-order chi connectivity index (χ1) is 14.2. The zero-order valence-electron chi connectivity index (χ0n) is 17.9. The van der Waals surface area contributed by atoms with E-state index in [4.69, 9.17) is 4.74 Å². The van der Waals surface area contributed by atoms with Crippen LogP contribution in [0.15, 0.2) is 23.1 Å². The topological polar surface area (TPSA) is 99.1 Å². The number of sulfonamides is 1. The SMILES string of the molecule is CNC[C@@H]1Oc2cc(C#CC3(O)CCCC3)ccc2S(=O)(=O)N([C@@H](C)CO)C[C@@H]1C. The third-order valence-corrected chi connectivity index (χ3v) is 7.96. The van der Waals surface area contributed by atoms with Gasteiger partial charge in [-0.05, 0) is 57.9 Å². The van der Waals surface area contributed by atoms with Gasteiger partial charge in [0.2, 0.25) is 10.0 Å². The van der Waals surface area contributed by atoms with Gasteiger partial charge >= 0.3 is 0 Å². The van der Waals surface area contributed by atoms with Crippen LogP contribution in [0.25, 0.3) is 0 Å². The number of aliphatic hydroxyl groups is 2. The minimum atomic E-state index is -3.85. The molecule has 0 bridgehead atoms. The summed E-state index contributed by atoms with van der Waals surface area (Å²) in [5.74, 6) is 6.11. The van der Waals surface area contributed by atoms with Gasteiger partial charge < -0.3 is 20.3 Å². The van der Waals surface area contributed by atoms with Crippen molar-refractivity contribution in [2.45, 2.75) is 62.2 Å². The Morgan fingerprint density at radius 2 is 2.07 bits per heavy atom. The molecule has 1 aromatic carbocycles. The maximum Gasteiger partial charge on any atom is 0.247 e. The fraction of sp³-hybridized carbons (Fsp3) is 0.636. The number of hydrogen-bond acceptors (Lipinski definition) is 6. The van der Waals surface area contributed by atoms with E-state index in [-0.39, 0.29) is 35.8 Å². The van der Waals surface area contributed by atoms with E-state index in [1.807, 2.05) is 14.0 Å². The third-order valence-electron chi connectivity index (χ3n) is 5.94. The molecule has 166 valence electrons. The molecule has 1 aliphatic carbocycles. The van der Waals surface area contributed by atoms with Crippen LogP contribution in [0.1, 0.15) is 45.1 Å². The quantitative estimate of drug-likeness (QED) is 0.616. The van der Waals surface area contributed by atoms with Crippen LogP contribution in [-0.2, 0) is 10.0 Å². The standard InChI is InChI=1S/C22H32N2O5S/c1-16-14-24(17(2)15-25)30(27,28)21-7-6-18(8-11-22(26)9-4-5-10-22)12-19(21)29-20(16)13-23-3/h6-7,12,16-17,20,23,25-26H,4-5,9-10,13-15H2,1-3H3/t16-,17-,20-/m0/s1. The Bertz CT molecular complexity index is 915. The molecule has 3 atom stereocenters. The fourth-order valence-electron chi connectivity index (χ4n) is 4.02. The summed E-state index contributed by atoms with van der Waals surface area (Å²) < 4.78 is 34.2. The van der Waals surface area contributed by atoms with E-state index >= 15 is 0 Å². The summed E-state index contributed by atoms with van der Waals surface area (Å²) in [5, 5.41) is 23.2. The largest absolute Gasteiger partial charge is 0.487 e. The lowest BCUT2D eigenvalue weighted by Gasteiger charge is -2.36. The lowest BCUT2D eigenvalue weighted by Crippen LogP contribution is -2.49. The molecule has 0 radical (unpaired) electrons. The normalized spacial score (nSPS) is 26.4. The van der Waals surface area contributed by atoms with Crippen molar-refractivity contribution < 1.29 is 23.4 Å². The Morgan fingerprint density at radius 3 is 2.70 bits per heavy atom. The molecule has 0 unspecified atom stereocenters. The maximum absolute atomic E-state index is 13.4. The van der Waals surface area contributed by atoms with Crippen LogP contribution in [0.5, 0.6) is 5.75 Å². The molecule has 1 aromatic rings. The van der Waals surface area contributed by atoms with Crippen molar-refractivity contribution >= 4 is 10.0 Å². The molecule has 0 aromatic heterocycles. The molecule has 3 rings (SSSR count). The van der Waals surface area contributed by atoms with E-state index in [1.54, 1.807) is 19.1 Å². The van der Waals surface area contributed by atoms with E-state index < -0.39 is 21.7 Å². The Kier molecular flexibility index (Phi) is 7.10. The number of ether oxygens (including phenoxy) is 1. The lowest BCUT2D eigenvalue weighted by atomic mass is 10.0.